The first-order valence-corrected chi connectivity index (χ1v) is 6.49. The minimum absolute atomic E-state index is 0.352. The molecule has 15 heavy (non-hydrogen) atoms. The van der Waals surface area contributed by atoms with Crippen LogP contribution in [0.2, 0.25) is 0 Å². The second-order valence-corrected chi connectivity index (χ2v) is 5.02. The van der Waals surface area contributed by atoms with Crippen LogP contribution in [0.3, 0.4) is 0 Å². The van der Waals surface area contributed by atoms with Crippen LogP contribution in [0.4, 0.5) is 0 Å². The lowest BCUT2D eigenvalue weighted by Gasteiger charge is -2.16. The fraction of sp³-hybridized carbons (Fsp3) is 0.500. The fourth-order valence-electron chi connectivity index (χ4n) is 1.15. The summed E-state index contributed by atoms with van der Waals surface area (Å²) in [6.45, 7) is 6.15. The third-order valence-corrected chi connectivity index (χ3v) is 3.90. The van der Waals surface area contributed by atoms with Crippen LogP contribution in [0.25, 0.3) is 0 Å². The van der Waals surface area contributed by atoms with Crippen molar-refractivity contribution >= 4 is 12.9 Å². The van der Waals surface area contributed by atoms with Gasteiger partial charge in [-0.15, -0.1) is 0 Å². The number of pyridine rings is 1. The molecule has 0 unspecified atom stereocenters. The molecular weight excluding hydrogens is 213 g/mol. The number of rotatable bonds is 5. The predicted molar refractivity (Wildman–Crippen MR) is 59.5 cm³/mol. The molecule has 0 fully saturated rings. The van der Waals surface area contributed by atoms with E-state index in [1.807, 2.05) is 6.92 Å². The van der Waals surface area contributed by atoms with Crippen LogP contribution in [-0.2, 0) is 13.6 Å². The standard InChI is InChI=1S/C10H16NO3P/c1-4-13-15(12,14-5-2)10-7-6-9(3)11-8-10/h6-8H,4-5H2,1-3H3. The molecule has 0 spiro atoms. The maximum Gasteiger partial charge on any atom is 0.362 e. The van der Waals surface area contributed by atoms with E-state index in [-0.39, 0.29) is 0 Å². The maximum atomic E-state index is 12.2. The molecule has 5 heteroatoms. The SMILES string of the molecule is CCOP(=O)(OCC)c1ccc(C)nc1. The molecule has 0 aliphatic rings. The molecule has 1 aromatic rings. The Morgan fingerprint density at radius 1 is 1.27 bits per heavy atom. The lowest BCUT2D eigenvalue weighted by atomic mass is 10.4. The highest BCUT2D eigenvalue weighted by molar-refractivity contribution is 7.62. The van der Waals surface area contributed by atoms with Crippen molar-refractivity contribution in [1.29, 1.82) is 0 Å². The van der Waals surface area contributed by atoms with Crippen molar-refractivity contribution in [3.05, 3.63) is 24.0 Å². The zero-order valence-corrected chi connectivity index (χ0v) is 10.2. The second kappa shape index (κ2) is 5.40. The largest absolute Gasteiger partial charge is 0.362 e. The summed E-state index contributed by atoms with van der Waals surface area (Å²) in [5.41, 5.74) is 0.873. The Morgan fingerprint density at radius 2 is 1.87 bits per heavy atom. The quantitative estimate of drug-likeness (QED) is 0.727. The average molecular weight is 229 g/mol. The topological polar surface area (TPSA) is 48.4 Å². The molecule has 0 saturated carbocycles. The second-order valence-electron chi connectivity index (χ2n) is 2.99. The van der Waals surface area contributed by atoms with Crippen LogP contribution >= 0.6 is 7.60 Å². The Balaban J connectivity index is 2.98. The molecule has 0 aromatic carbocycles. The zero-order chi connectivity index (χ0) is 11.3. The van der Waals surface area contributed by atoms with E-state index >= 15 is 0 Å². The molecule has 0 N–H and O–H groups in total. The van der Waals surface area contributed by atoms with Crippen LogP contribution in [-0.4, -0.2) is 18.2 Å². The number of hydrogen-bond acceptors (Lipinski definition) is 4. The number of aryl methyl sites for hydroxylation is 1. The van der Waals surface area contributed by atoms with Gasteiger partial charge in [0.05, 0.1) is 18.5 Å². The highest BCUT2D eigenvalue weighted by Gasteiger charge is 2.26. The van der Waals surface area contributed by atoms with Gasteiger partial charge in [-0.05, 0) is 32.9 Å². The van der Waals surface area contributed by atoms with Gasteiger partial charge in [-0.25, -0.2) is 0 Å². The summed E-state index contributed by atoms with van der Waals surface area (Å²) in [6, 6.07) is 3.52. The molecule has 84 valence electrons. The van der Waals surface area contributed by atoms with Crippen LogP contribution in [0.1, 0.15) is 19.5 Å². The smallest absolute Gasteiger partial charge is 0.305 e. The molecule has 0 aliphatic carbocycles. The first kappa shape index (κ1) is 12.4. The van der Waals surface area contributed by atoms with Crippen molar-refractivity contribution in [2.75, 3.05) is 13.2 Å². The van der Waals surface area contributed by atoms with E-state index in [4.69, 9.17) is 9.05 Å². The van der Waals surface area contributed by atoms with Gasteiger partial charge in [-0.1, -0.05) is 0 Å². The summed E-state index contributed by atoms with van der Waals surface area (Å²) in [5.74, 6) is 0. The van der Waals surface area contributed by atoms with Gasteiger partial charge in [0.2, 0.25) is 0 Å². The van der Waals surface area contributed by atoms with Crippen LogP contribution in [0.15, 0.2) is 18.3 Å². The van der Waals surface area contributed by atoms with Crippen molar-refractivity contribution < 1.29 is 13.6 Å². The van der Waals surface area contributed by atoms with Gasteiger partial charge in [0.25, 0.3) is 0 Å². The molecule has 4 nitrogen and oxygen atoms in total. The number of hydrogen-bond donors (Lipinski definition) is 0. The zero-order valence-electron chi connectivity index (χ0n) is 9.27. The van der Waals surface area contributed by atoms with Gasteiger partial charge in [0.1, 0.15) is 0 Å². The highest BCUT2D eigenvalue weighted by Crippen LogP contribution is 2.46. The van der Waals surface area contributed by atoms with E-state index in [0.717, 1.165) is 5.69 Å². The Hall–Kier alpha value is -0.700. The van der Waals surface area contributed by atoms with Crippen LogP contribution in [0.5, 0.6) is 0 Å². The highest BCUT2D eigenvalue weighted by atomic mass is 31.2. The van der Waals surface area contributed by atoms with Crippen LogP contribution < -0.4 is 5.30 Å². The van der Waals surface area contributed by atoms with Crippen molar-refractivity contribution in [3.8, 4) is 0 Å². The molecule has 0 bridgehead atoms. The van der Waals surface area contributed by atoms with Crippen molar-refractivity contribution in [1.82, 2.24) is 4.98 Å². The molecule has 0 saturated heterocycles. The van der Waals surface area contributed by atoms with Gasteiger partial charge < -0.3 is 9.05 Å². The van der Waals surface area contributed by atoms with E-state index in [1.165, 1.54) is 0 Å². The first-order chi connectivity index (χ1) is 7.12. The third kappa shape index (κ3) is 3.13. The molecule has 0 aliphatic heterocycles. The van der Waals surface area contributed by atoms with Crippen molar-refractivity contribution in [2.24, 2.45) is 0 Å². The minimum Gasteiger partial charge on any atom is -0.305 e. The van der Waals surface area contributed by atoms with Gasteiger partial charge in [0.15, 0.2) is 0 Å². The molecule has 0 atom stereocenters. The minimum atomic E-state index is -3.15. The van der Waals surface area contributed by atoms with E-state index in [2.05, 4.69) is 4.98 Å². The fourth-order valence-corrected chi connectivity index (χ4v) is 2.66. The van der Waals surface area contributed by atoms with Gasteiger partial charge >= 0.3 is 7.60 Å². The normalized spacial score (nSPS) is 11.7. The molecule has 1 heterocycles. The predicted octanol–water partition coefficient (Wildman–Crippen LogP) is 2.28. The van der Waals surface area contributed by atoms with Gasteiger partial charge in [-0.3, -0.25) is 9.55 Å². The lowest BCUT2D eigenvalue weighted by Crippen LogP contribution is -2.11. The number of aromatic nitrogens is 1. The number of nitrogens with zero attached hydrogens (tertiary/aromatic N) is 1. The lowest BCUT2D eigenvalue weighted by molar-refractivity contribution is 0.230. The average Bonchev–Trinajstić information content (AvgIpc) is 2.19. The summed E-state index contributed by atoms with van der Waals surface area (Å²) >= 11 is 0. The Labute approximate surface area is 90.2 Å². The first-order valence-electron chi connectivity index (χ1n) is 4.94. The van der Waals surface area contributed by atoms with E-state index in [1.54, 1.807) is 32.2 Å². The van der Waals surface area contributed by atoms with Gasteiger partial charge in [-0.2, -0.15) is 0 Å². The Kier molecular flexibility index (Phi) is 4.45. The van der Waals surface area contributed by atoms with Crippen molar-refractivity contribution in [3.63, 3.8) is 0 Å². The summed E-state index contributed by atoms with van der Waals surface area (Å²) in [7, 11) is -3.15. The summed E-state index contributed by atoms with van der Waals surface area (Å²) in [4.78, 5) is 4.08. The van der Waals surface area contributed by atoms with E-state index < -0.39 is 7.60 Å². The molecule has 0 radical (unpaired) electrons. The summed E-state index contributed by atoms with van der Waals surface area (Å²) < 4.78 is 22.6. The molecule has 1 aromatic heterocycles. The van der Waals surface area contributed by atoms with E-state index in [9.17, 15) is 4.57 Å². The van der Waals surface area contributed by atoms with Gasteiger partial charge in [0, 0.05) is 11.9 Å². The Bertz CT molecular complexity index is 340. The molecule has 0 amide bonds. The Morgan fingerprint density at radius 3 is 2.27 bits per heavy atom. The summed E-state index contributed by atoms with van der Waals surface area (Å²) in [5, 5.41) is 0.511. The third-order valence-electron chi connectivity index (χ3n) is 1.81. The van der Waals surface area contributed by atoms with Crippen LogP contribution in [0, 0.1) is 6.92 Å². The molecular formula is C10H16NO3P. The van der Waals surface area contributed by atoms with E-state index in [0.29, 0.717) is 18.5 Å². The maximum absolute atomic E-state index is 12.2. The summed E-state index contributed by atoms with van der Waals surface area (Å²) in [6.07, 6.45) is 1.54. The molecule has 1 rings (SSSR count). The monoisotopic (exact) mass is 229 g/mol. The van der Waals surface area contributed by atoms with Crippen molar-refractivity contribution in [2.45, 2.75) is 20.8 Å².